The van der Waals surface area contributed by atoms with Gasteiger partial charge in [0.25, 0.3) is 0 Å². The van der Waals surface area contributed by atoms with E-state index in [1.54, 1.807) is 0 Å². The molecule has 0 spiro atoms. The molecule has 2 aromatic carbocycles. The predicted molar refractivity (Wildman–Crippen MR) is 78.0 cm³/mol. The van der Waals surface area contributed by atoms with Gasteiger partial charge in [-0.1, -0.05) is 31.5 Å². The molecule has 0 bridgehead atoms. The number of aryl methyl sites for hydroxylation is 2. The first kappa shape index (κ1) is 11.2. The van der Waals surface area contributed by atoms with Gasteiger partial charge in [-0.15, -0.1) is 0 Å². The van der Waals surface area contributed by atoms with Crippen molar-refractivity contribution in [1.29, 1.82) is 0 Å². The second-order valence-electron chi connectivity index (χ2n) is 4.96. The number of hydrogen-bond acceptors (Lipinski definition) is 1. The highest BCUT2D eigenvalue weighted by Gasteiger charge is 2.01. The number of fused-ring (bicyclic) bond motifs is 2. The smallest absolute Gasteiger partial charge is 0.0712 e. The molecule has 0 aliphatic carbocycles. The van der Waals surface area contributed by atoms with Gasteiger partial charge < -0.3 is 0 Å². The molecule has 0 fully saturated rings. The SMILES string of the molecule is CCCc1ccc2nc3cc(C)ccc3cc2c1. The van der Waals surface area contributed by atoms with Gasteiger partial charge in [0.1, 0.15) is 0 Å². The van der Waals surface area contributed by atoms with Crippen LogP contribution >= 0.6 is 0 Å². The van der Waals surface area contributed by atoms with Crippen molar-refractivity contribution in [3.63, 3.8) is 0 Å². The van der Waals surface area contributed by atoms with E-state index in [0.29, 0.717) is 0 Å². The fourth-order valence-corrected chi connectivity index (χ4v) is 2.44. The summed E-state index contributed by atoms with van der Waals surface area (Å²) in [6, 6.07) is 15.3. The van der Waals surface area contributed by atoms with Gasteiger partial charge >= 0.3 is 0 Å². The fraction of sp³-hybridized carbons (Fsp3) is 0.235. The minimum absolute atomic E-state index is 1.09. The van der Waals surface area contributed by atoms with Crippen LogP contribution in [0.15, 0.2) is 42.5 Å². The molecule has 1 heterocycles. The summed E-state index contributed by atoms with van der Waals surface area (Å²) in [5, 5.41) is 2.47. The first-order valence-electron chi connectivity index (χ1n) is 6.56. The summed E-state index contributed by atoms with van der Waals surface area (Å²) >= 11 is 0. The van der Waals surface area contributed by atoms with Crippen molar-refractivity contribution in [2.75, 3.05) is 0 Å². The maximum absolute atomic E-state index is 4.74. The molecule has 0 saturated carbocycles. The standard InChI is InChI=1S/C17H17N/c1-3-4-13-6-8-16-15(10-13)11-14-7-5-12(2)9-17(14)18-16/h5-11H,3-4H2,1-2H3. The molecule has 0 aliphatic rings. The van der Waals surface area contributed by atoms with E-state index in [-0.39, 0.29) is 0 Å². The summed E-state index contributed by atoms with van der Waals surface area (Å²) in [4.78, 5) is 4.74. The Morgan fingerprint density at radius 1 is 0.889 bits per heavy atom. The van der Waals surface area contributed by atoms with E-state index < -0.39 is 0 Å². The lowest BCUT2D eigenvalue weighted by atomic mass is 10.0. The van der Waals surface area contributed by atoms with E-state index in [1.165, 1.54) is 28.3 Å². The topological polar surface area (TPSA) is 12.9 Å². The van der Waals surface area contributed by atoms with Crippen LogP contribution in [0.25, 0.3) is 21.8 Å². The highest BCUT2D eigenvalue weighted by molar-refractivity contribution is 5.93. The third-order valence-corrected chi connectivity index (χ3v) is 3.37. The molecule has 0 atom stereocenters. The molecule has 0 unspecified atom stereocenters. The quantitative estimate of drug-likeness (QED) is 0.589. The molecule has 90 valence electrons. The summed E-state index contributed by atoms with van der Waals surface area (Å²) in [5.74, 6) is 0. The van der Waals surface area contributed by atoms with Crippen molar-refractivity contribution in [3.05, 3.63) is 53.6 Å². The van der Waals surface area contributed by atoms with E-state index >= 15 is 0 Å². The van der Waals surface area contributed by atoms with E-state index in [9.17, 15) is 0 Å². The van der Waals surface area contributed by atoms with Crippen molar-refractivity contribution in [2.24, 2.45) is 0 Å². The molecule has 1 aromatic heterocycles. The lowest BCUT2D eigenvalue weighted by Gasteiger charge is -2.05. The molecule has 1 heteroatoms. The predicted octanol–water partition coefficient (Wildman–Crippen LogP) is 4.65. The summed E-state index contributed by atoms with van der Waals surface area (Å²) < 4.78 is 0. The lowest BCUT2D eigenvalue weighted by molar-refractivity contribution is 0.923. The summed E-state index contributed by atoms with van der Waals surface area (Å²) in [6.07, 6.45) is 2.33. The number of aromatic nitrogens is 1. The molecular formula is C17H17N. The van der Waals surface area contributed by atoms with Crippen LogP contribution in [0.2, 0.25) is 0 Å². The zero-order valence-corrected chi connectivity index (χ0v) is 10.9. The average molecular weight is 235 g/mol. The Morgan fingerprint density at radius 2 is 1.78 bits per heavy atom. The Labute approximate surface area is 107 Å². The maximum Gasteiger partial charge on any atom is 0.0712 e. The van der Waals surface area contributed by atoms with Crippen molar-refractivity contribution < 1.29 is 0 Å². The highest BCUT2D eigenvalue weighted by atomic mass is 14.7. The zero-order valence-electron chi connectivity index (χ0n) is 10.9. The van der Waals surface area contributed by atoms with Gasteiger partial charge in [0.15, 0.2) is 0 Å². The van der Waals surface area contributed by atoms with Gasteiger partial charge in [0.05, 0.1) is 11.0 Å². The van der Waals surface area contributed by atoms with Gasteiger partial charge in [0, 0.05) is 10.8 Å². The second-order valence-corrected chi connectivity index (χ2v) is 4.96. The minimum atomic E-state index is 1.09. The van der Waals surface area contributed by atoms with Crippen LogP contribution < -0.4 is 0 Å². The molecule has 0 aliphatic heterocycles. The molecule has 3 rings (SSSR count). The van der Waals surface area contributed by atoms with Gasteiger partial charge in [-0.05, 0) is 48.7 Å². The molecule has 0 saturated heterocycles. The molecule has 18 heavy (non-hydrogen) atoms. The maximum atomic E-state index is 4.74. The normalized spacial score (nSPS) is 11.2. The van der Waals surface area contributed by atoms with Gasteiger partial charge in [-0.25, -0.2) is 4.98 Å². The van der Waals surface area contributed by atoms with Crippen molar-refractivity contribution in [3.8, 4) is 0 Å². The van der Waals surface area contributed by atoms with Crippen LogP contribution in [0.5, 0.6) is 0 Å². The van der Waals surface area contributed by atoms with E-state index in [1.807, 2.05) is 0 Å². The summed E-state index contributed by atoms with van der Waals surface area (Å²) in [5.41, 5.74) is 4.84. The molecule has 3 aromatic rings. The second kappa shape index (κ2) is 4.41. The van der Waals surface area contributed by atoms with Gasteiger partial charge in [-0.3, -0.25) is 0 Å². The summed E-state index contributed by atoms with van der Waals surface area (Å²) in [6.45, 7) is 4.32. The third-order valence-electron chi connectivity index (χ3n) is 3.37. The van der Waals surface area contributed by atoms with Crippen molar-refractivity contribution in [2.45, 2.75) is 26.7 Å². The van der Waals surface area contributed by atoms with Crippen LogP contribution in [-0.4, -0.2) is 4.98 Å². The zero-order chi connectivity index (χ0) is 12.5. The number of hydrogen-bond donors (Lipinski definition) is 0. The van der Waals surface area contributed by atoms with Gasteiger partial charge in [-0.2, -0.15) is 0 Å². The first-order chi connectivity index (χ1) is 8.76. The molecular weight excluding hydrogens is 218 g/mol. The van der Waals surface area contributed by atoms with Crippen LogP contribution in [0, 0.1) is 6.92 Å². The fourth-order valence-electron chi connectivity index (χ4n) is 2.44. The number of rotatable bonds is 2. The Kier molecular flexibility index (Phi) is 2.75. The lowest BCUT2D eigenvalue weighted by Crippen LogP contribution is -1.87. The minimum Gasteiger partial charge on any atom is -0.248 e. The Bertz CT molecular complexity index is 713. The van der Waals surface area contributed by atoms with E-state index in [0.717, 1.165) is 17.5 Å². The van der Waals surface area contributed by atoms with E-state index in [2.05, 4.69) is 56.3 Å². The molecule has 0 amide bonds. The Morgan fingerprint density at radius 3 is 2.61 bits per heavy atom. The third kappa shape index (κ3) is 1.97. The average Bonchev–Trinajstić information content (AvgIpc) is 2.37. The van der Waals surface area contributed by atoms with Crippen LogP contribution in [-0.2, 0) is 6.42 Å². The first-order valence-corrected chi connectivity index (χ1v) is 6.56. The van der Waals surface area contributed by atoms with E-state index in [4.69, 9.17) is 4.98 Å². The molecule has 0 radical (unpaired) electrons. The van der Waals surface area contributed by atoms with Crippen LogP contribution in [0.1, 0.15) is 24.5 Å². The number of nitrogens with zero attached hydrogens (tertiary/aromatic N) is 1. The summed E-state index contributed by atoms with van der Waals surface area (Å²) in [7, 11) is 0. The Hall–Kier alpha value is -1.89. The number of benzene rings is 2. The highest BCUT2D eigenvalue weighted by Crippen LogP contribution is 2.22. The van der Waals surface area contributed by atoms with Crippen LogP contribution in [0.3, 0.4) is 0 Å². The number of pyridine rings is 1. The largest absolute Gasteiger partial charge is 0.248 e. The Balaban J connectivity index is 2.24. The van der Waals surface area contributed by atoms with Crippen LogP contribution in [0.4, 0.5) is 0 Å². The van der Waals surface area contributed by atoms with Crippen molar-refractivity contribution in [1.82, 2.24) is 4.98 Å². The van der Waals surface area contributed by atoms with Crippen molar-refractivity contribution >= 4 is 21.8 Å². The monoisotopic (exact) mass is 235 g/mol. The molecule has 1 nitrogen and oxygen atoms in total. The van der Waals surface area contributed by atoms with Gasteiger partial charge in [0.2, 0.25) is 0 Å². The molecule has 0 N–H and O–H groups in total.